The molecule has 1 amide bonds. The van der Waals surface area contributed by atoms with Gasteiger partial charge in [-0.3, -0.25) is 9.69 Å². The van der Waals surface area contributed by atoms with Crippen LogP contribution in [-0.4, -0.2) is 34.9 Å². The van der Waals surface area contributed by atoms with Crippen LogP contribution in [-0.2, 0) is 6.54 Å². The van der Waals surface area contributed by atoms with Crippen LogP contribution in [0.1, 0.15) is 33.8 Å². The first-order valence-corrected chi connectivity index (χ1v) is 11.5. The van der Waals surface area contributed by atoms with E-state index in [2.05, 4.69) is 32.7 Å². The predicted molar refractivity (Wildman–Crippen MR) is 117 cm³/mol. The number of benzene rings is 1. The van der Waals surface area contributed by atoms with Crippen molar-refractivity contribution in [1.82, 2.24) is 15.2 Å². The third kappa shape index (κ3) is 4.63. The number of hydrogen-bond donors (Lipinski definition) is 1. The fraction of sp³-hybridized carbons (Fsp3) is 0.333. The quantitative estimate of drug-likeness (QED) is 0.601. The Morgan fingerprint density at radius 2 is 2.00 bits per heavy atom. The molecule has 28 heavy (non-hydrogen) atoms. The lowest BCUT2D eigenvalue weighted by Gasteiger charge is -2.32. The number of hydrogen-bond acceptors (Lipinski definition) is 5. The van der Waals surface area contributed by atoms with E-state index in [1.807, 2.05) is 30.5 Å². The number of likely N-dealkylation sites (tertiary alicyclic amines) is 1. The van der Waals surface area contributed by atoms with Gasteiger partial charge in [0.1, 0.15) is 9.88 Å². The van der Waals surface area contributed by atoms with E-state index in [0.29, 0.717) is 0 Å². The molecule has 4 rings (SSSR count). The highest BCUT2D eigenvalue weighted by Crippen LogP contribution is 2.29. The van der Waals surface area contributed by atoms with Crippen LogP contribution < -0.4 is 5.32 Å². The maximum absolute atomic E-state index is 12.8. The Kier molecular flexibility index (Phi) is 6.11. The van der Waals surface area contributed by atoms with Gasteiger partial charge in [0, 0.05) is 41.6 Å². The van der Waals surface area contributed by atoms with E-state index >= 15 is 0 Å². The number of piperidine rings is 1. The standard InChI is InChI=1S/C21H22ClN3OS2/c1-14-19(28-21(23-14)16-8-11-27-13-16)20(26)24-18-6-9-25(10-7-18)12-15-2-4-17(22)5-3-15/h2-5,8,11,13,18H,6-7,9-10,12H2,1H3,(H,24,26). The van der Waals surface area contributed by atoms with Crippen molar-refractivity contribution in [3.05, 3.63) is 62.2 Å². The van der Waals surface area contributed by atoms with Gasteiger partial charge in [-0.2, -0.15) is 11.3 Å². The van der Waals surface area contributed by atoms with Crippen LogP contribution in [0.15, 0.2) is 41.1 Å². The van der Waals surface area contributed by atoms with Crippen LogP contribution in [0.25, 0.3) is 10.6 Å². The summed E-state index contributed by atoms with van der Waals surface area (Å²) in [5.74, 6) is 0.00707. The van der Waals surface area contributed by atoms with Gasteiger partial charge in [-0.1, -0.05) is 23.7 Å². The minimum Gasteiger partial charge on any atom is -0.348 e. The van der Waals surface area contributed by atoms with Crippen molar-refractivity contribution in [1.29, 1.82) is 0 Å². The van der Waals surface area contributed by atoms with Gasteiger partial charge in [-0.25, -0.2) is 4.98 Å². The van der Waals surface area contributed by atoms with E-state index in [4.69, 9.17) is 11.6 Å². The third-order valence-corrected chi connectivity index (χ3v) is 7.15. The minimum atomic E-state index is 0.00707. The van der Waals surface area contributed by atoms with E-state index < -0.39 is 0 Å². The fourth-order valence-electron chi connectivity index (χ4n) is 3.45. The summed E-state index contributed by atoms with van der Waals surface area (Å²) in [5.41, 5.74) is 3.17. The second-order valence-corrected chi connectivity index (χ2v) is 9.31. The molecule has 0 bridgehead atoms. The molecule has 1 saturated heterocycles. The first-order chi connectivity index (χ1) is 13.6. The van der Waals surface area contributed by atoms with E-state index in [1.165, 1.54) is 16.9 Å². The van der Waals surface area contributed by atoms with Gasteiger partial charge >= 0.3 is 0 Å². The Labute approximate surface area is 178 Å². The van der Waals surface area contributed by atoms with Crippen LogP contribution in [0, 0.1) is 6.92 Å². The highest BCUT2D eigenvalue weighted by atomic mass is 35.5. The summed E-state index contributed by atoms with van der Waals surface area (Å²) in [5, 5.41) is 9.00. The molecule has 4 nitrogen and oxygen atoms in total. The molecule has 0 atom stereocenters. The molecule has 1 aliphatic rings. The summed E-state index contributed by atoms with van der Waals surface area (Å²) >= 11 is 9.08. The van der Waals surface area contributed by atoms with Gasteiger partial charge in [0.05, 0.1) is 5.69 Å². The Morgan fingerprint density at radius 3 is 2.68 bits per heavy atom. The van der Waals surface area contributed by atoms with E-state index in [0.717, 1.165) is 58.6 Å². The van der Waals surface area contributed by atoms with E-state index in [1.54, 1.807) is 11.3 Å². The average Bonchev–Trinajstić information content (AvgIpc) is 3.35. The second-order valence-electron chi connectivity index (χ2n) is 7.10. The van der Waals surface area contributed by atoms with Crippen molar-refractivity contribution in [3.8, 4) is 10.6 Å². The summed E-state index contributed by atoms with van der Waals surface area (Å²) in [4.78, 5) is 20.5. The molecule has 1 N–H and O–H groups in total. The smallest absolute Gasteiger partial charge is 0.263 e. The second kappa shape index (κ2) is 8.74. The highest BCUT2D eigenvalue weighted by molar-refractivity contribution is 7.17. The number of aromatic nitrogens is 1. The molecular formula is C21H22ClN3OS2. The maximum atomic E-state index is 12.8. The summed E-state index contributed by atoms with van der Waals surface area (Å²) in [6.45, 7) is 4.80. The molecule has 1 fully saturated rings. The van der Waals surface area contributed by atoms with Gasteiger partial charge in [0.15, 0.2) is 0 Å². The number of amides is 1. The summed E-state index contributed by atoms with van der Waals surface area (Å²) < 4.78 is 0. The zero-order valence-electron chi connectivity index (χ0n) is 15.7. The normalized spacial score (nSPS) is 15.6. The minimum absolute atomic E-state index is 0.00707. The number of carbonyl (C=O) groups excluding carboxylic acids is 1. The molecule has 3 aromatic rings. The SMILES string of the molecule is Cc1nc(-c2ccsc2)sc1C(=O)NC1CCN(Cc2ccc(Cl)cc2)CC1. The Hall–Kier alpha value is -1.73. The monoisotopic (exact) mass is 431 g/mol. The van der Waals surface area contributed by atoms with Crippen molar-refractivity contribution in [2.45, 2.75) is 32.4 Å². The van der Waals surface area contributed by atoms with Crippen molar-refractivity contribution in [3.63, 3.8) is 0 Å². The van der Waals surface area contributed by atoms with Gasteiger partial charge in [-0.05, 0) is 48.9 Å². The zero-order valence-corrected chi connectivity index (χ0v) is 18.0. The highest BCUT2D eigenvalue weighted by Gasteiger charge is 2.23. The average molecular weight is 432 g/mol. The molecule has 3 heterocycles. The lowest BCUT2D eigenvalue weighted by Crippen LogP contribution is -2.44. The first kappa shape index (κ1) is 19.6. The number of halogens is 1. The third-order valence-electron chi connectivity index (χ3n) is 5.01. The molecule has 7 heteroatoms. The van der Waals surface area contributed by atoms with Crippen molar-refractivity contribution in [2.75, 3.05) is 13.1 Å². The fourth-order valence-corrected chi connectivity index (χ4v) is 5.26. The van der Waals surface area contributed by atoms with Crippen LogP contribution in [0.3, 0.4) is 0 Å². The van der Waals surface area contributed by atoms with Crippen LogP contribution in [0.2, 0.25) is 5.02 Å². The molecule has 0 radical (unpaired) electrons. The molecule has 0 unspecified atom stereocenters. The summed E-state index contributed by atoms with van der Waals surface area (Å²) in [6, 6.07) is 10.3. The van der Waals surface area contributed by atoms with Crippen molar-refractivity contribution < 1.29 is 4.79 Å². The maximum Gasteiger partial charge on any atom is 0.263 e. The van der Waals surface area contributed by atoms with Crippen LogP contribution in [0.4, 0.5) is 0 Å². The Bertz CT molecular complexity index is 929. The number of nitrogens with one attached hydrogen (secondary N) is 1. The Morgan fingerprint density at radius 1 is 1.25 bits per heavy atom. The molecule has 0 aliphatic carbocycles. The number of carbonyl (C=O) groups is 1. The number of thiophene rings is 1. The largest absolute Gasteiger partial charge is 0.348 e. The lowest BCUT2D eigenvalue weighted by atomic mass is 10.0. The number of nitrogens with zero attached hydrogens (tertiary/aromatic N) is 2. The molecule has 0 spiro atoms. The van der Waals surface area contributed by atoms with Crippen molar-refractivity contribution >= 4 is 40.2 Å². The van der Waals surface area contributed by atoms with Gasteiger partial charge in [0.25, 0.3) is 5.91 Å². The predicted octanol–water partition coefficient (Wildman–Crippen LogP) is 5.23. The topological polar surface area (TPSA) is 45.2 Å². The van der Waals surface area contributed by atoms with Crippen molar-refractivity contribution in [2.24, 2.45) is 0 Å². The Balaban J connectivity index is 1.31. The van der Waals surface area contributed by atoms with E-state index in [9.17, 15) is 4.79 Å². The molecular weight excluding hydrogens is 410 g/mol. The molecule has 2 aromatic heterocycles. The zero-order chi connectivity index (χ0) is 19.5. The molecule has 1 aliphatic heterocycles. The summed E-state index contributed by atoms with van der Waals surface area (Å²) in [6.07, 6.45) is 1.93. The molecule has 0 saturated carbocycles. The molecule has 1 aromatic carbocycles. The summed E-state index contributed by atoms with van der Waals surface area (Å²) in [7, 11) is 0. The number of thiazole rings is 1. The van der Waals surface area contributed by atoms with Gasteiger partial charge < -0.3 is 5.32 Å². The lowest BCUT2D eigenvalue weighted by molar-refractivity contribution is 0.0912. The number of rotatable bonds is 5. The van der Waals surface area contributed by atoms with Gasteiger partial charge in [-0.15, -0.1) is 11.3 Å². The first-order valence-electron chi connectivity index (χ1n) is 9.36. The van der Waals surface area contributed by atoms with Gasteiger partial charge in [0.2, 0.25) is 0 Å². The number of aryl methyl sites for hydroxylation is 1. The molecule has 146 valence electrons. The van der Waals surface area contributed by atoms with Crippen LogP contribution >= 0.6 is 34.3 Å². The van der Waals surface area contributed by atoms with Crippen LogP contribution in [0.5, 0.6) is 0 Å². The van der Waals surface area contributed by atoms with E-state index in [-0.39, 0.29) is 11.9 Å².